The summed E-state index contributed by atoms with van der Waals surface area (Å²) in [6.45, 7) is 16.1. The summed E-state index contributed by atoms with van der Waals surface area (Å²) in [6, 6.07) is 3.77. The first-order valence-corrected chi connectivity index (χ1v) is 18.8. The maximum Gasteiger partial charge on any atom is 0.282 e. The molecule has 16 heteroatoms. The number of carbonyl (C=O) groups excluding carboxylic acids is 1. The Morgan fingerprint density at radius 1 is 1.06 bits per heavy atom. The number of likely N-dealkylation sites (tertiary alicyclic amines) is 1. The highest BCUT2D eigenvalue weighted by atomic mass is 35.5. The van der Waals surface area contributed by atoms with Crippen molar-refractivity contribution in [1.29, 1.82) is 0 Å². The number of carbonyl (C=O) groups is 1. The van der Waals surface area contributed by atoms with E-state index < -0.39 is 16.0 Å². The van der Waals surface area contributed by atoms with Crippen molar-refractivity contribution < 1.29 is 22.3 Å². The van der Waals surface area contributed by atoms with Gasteiger partial charge in [-0.25, -0.2) is 9.37 Å². The zero-order valence-corrected chi connectivity index (χ0v) is 30.7. The van der Waals surface area contributed by atoms with Crippen LogP contribution in [0.3, 0.4) is 0 Å². The van der Waals surface area contributed by atoms with Crippen molar-refractivity contribution in [1.82, 2.24) is 38.9 Å². The second-order valence-electron chi connectivity index (χ2n) is 14.4. The molecule has 4 aliphatic heterocycles. The van der Waals surface area contributed by atoms with E-state index in [-0.39, 0.29) is 53.0 Å². The molecule has 272 valence electrons. The number of ether oxygens (including phenoxy) is 1. The highest BCUT2D eigenvalue weighted by molar-refractivity contribution is 7.86. The molecule has 49 heavy (non-hydrogen) atoms. The second kappa shape index (κ2) is 15.7. The van der Waals surface area contributed by atoms with E-state index in [1.807, 2.05) is 27.7 Å². The molecular formula is C33H51ClFN9O4S. The van der Waals surface area contributed by atoms with Gasteiger partial charge in [0.15, 0.2) is 5.82 Å². The van der Waals surface area contributed by atoms with E-state index >= 15 is 0 Å². The lowest BCUT2D eigenvalue weighted by atomic mass is 9.72. The fraction of sp³-hybridized carbons (Fsp3) is 0.697. The number of aromatic nitrogens is 3. The molecular weight excluding hydrogens is 673 g/mol. The van der Waals surface area contributed by atoms with Crippen molar-refractivity contribution in [2.75, 3.05) is 76.9 Å². The number of benzene rings is 1. The smallest absolute Gasteiger partial charge is 0.282 e. The van der Waals surface area contributed by atoms with Gasteiger partial charge in [-0.15, -0.1) is 22.6 Å². The second-order valence-corrected chi connectivity index (χ2v) is 16.3. The van der Waals surface area contributed by atoms with E-state index in [1.54, 1.807) is 13.5 Å². The van der Waals surface area contributed by atoms with E-state index in [0.717, 1.165) is 65.0 Å². The average Bonchev–Trinajstić information content (AvgIpc) is 3.33. The molecule has 0 bridgehead atoms. The van der Waals surface area contributed by atoms with Crippen molar-refractivity contribution >= 4 is 34.3 Å². The standard InChI is InChI=1S/C33H50FN9O4S.ClH/c1-24(2)43(25(3)4)32(44)28-18-27(34)6-7-29(28)47-31-30(36-23-37-38-31)40-21-33(22-40)9-15-39(16-10-33)19-26-8-14-42(20-26)48(45,46)41-13-5-11-35-12-17-41;/h6-7,18,23-26,35H,5,8-17,19-22H2,1-4H3;1H/t26-;/m1./s1. The first kappa shape index (κ1) is 37.6. The Morgan fingerprint density at radius 3 is 2.51 bits per heavy atom. The van der Waals surface area contributed by atoms with Crippen molar-refractivity contribution in [2.24, 2.45) is 11.3 Å². The predicted molar refractivity (Wildman–Crippen MR) is 188 cm³/mol. The topological polar surface area (TPSA) is 127 Å². The number of hydrogen-bond acceptors (Lipinski definition) is 10. The Balaban J connectivity index is 0.00000468. The zero-order valence-electron chi connectivity index (χ0n) is 29.1. The fourth-order valence-corrected chi connectivity index (χ4v) is 9.53. The van der Waals surface area contributed by atoms with Crippen molar-refractivity contribution in [3.8, 4) is 11.6 Å². The summed E-state index contributed by atoms with van der Waals surface area (Å²) in [4.78, 5) is 24.4. The first-order chi connectivity index (χ1) is 23.0. The monoisotopic (exact) mass is 723 g/mol. The van der Waals surface area contributed by atoms with Crippen molar-refractivity contribution in [3.63, 3.8) is 0 Å². The van der Waals surface area contributed by atoms with Gasteiger partial charge in [0, 0.05) is 69.9 Å². The van der Waals surface area contributed by atoms with Crippen LogP contribution in [0.5, 0.6) is 11.6 Å². The molecule has 1 aromatic heterocycles. The molecule has 2 aromatic rings. The van der Waals surface area contributed by atoms with Crippen molar-refractivity contribution in [2.45, 2.75) is 65.5 Å². The minimum atomic E-state index is -3.41. The van der Waals surface area contributed by atoms with Gasteiger partial charge in [0.25, 0.3) is 22.0 Å². The molecule has 4 fully saturated rings. The van der Waals surface area contributed by atoms with Crippen LogP contribution in [0.2, 0.25) is 0 Å². The quantitative estimate of drug-likeness (QED) is 0.391. The van der Waals surface area contributed by atoms with Gasteiger partial charge in [0.1, 0.15) is 17.9 Å². The van der Waals surface area contributed by atoms with Crippen LogP contribution in [0.25, 0.3) is 0 Å². The molecule has 4 saturated heterocycles. The molecule has 1 spiro atoms. The number of halogens is 2. The third kappa shape index (κ3) is 8.28. The molecule has 0 unspecified atom stereocenters. The van der Waals surface area contributed by atoms with Crippen LogP contribution in [0.15, 0.2) is 24.5 Å². The number of nitrogens with zero attached hydrogens (tertiary/aromatic N) is 8. The molecule has 6 rings (SSSR count). The summed E-state index contributed by atoms with van der Waals surface area (Å²) < 4.78 is 50.4. The number of rotatable bonds is 10. The third-order valence-corrected chi connectivity index (χ3v) is 12.3. The number of piperidine rings is 1. The average molecular weight is 724 g/mol. The Hall–Kier alpha value is -2.69. The van der Waals surface area contributed by atoms with E-state index in [1.165, 1.54) is 24.5 Å². The van der Waals surface area contributed by atoms with Crippen LogP contribution in [0.4, 0.5) is 10.2 Å². The molecule has 0 radical (unpaired) electrons. The van der Waals surface area contributed by atoms with Crippen LogP contribution in [-0.4, -0.2) is 132 Å². The summed E-state index contributed by atoms with van der Waals surface area (Å²) in [6.07, 6.45) is 5.23. The predicted octanol–water partition coefficient (Wildman–Crippen LogP) is 3.25. The van der Waals surface area contributed by atoms with E-state index in [9.17, 15) is 17.6 Å². The van der Waals surface area contributed by atoms with Crippen LogP contribution in [0, 0.1) is 17.2 Å². The molecule has 1 amide bonds. The lowest BCUT2D eigenvalue weighted by Crippen LogP contribution is -2.61. The largest absolute Gasteiger partial charge is 0.434 e. The normalized spacial score (nSPS) is 22.2. The first-order valence-electron chi connectivity index (χ1n) is 17.4. The van der Waals surface area contributed by atoms with Gasteiger partial charge >= 0.3 is 0 Å². The van der Waals surface area contributed by atoms with Crippen LogP contribution < -0.4 is 15.0 Å². The molecule has 4 aliphatic rings. The minimum absolute atomic E-state index is 0. The number of hydrogen-bond donors (Lipinski definition) is 1. The van der Waals surface area contributed by atoms with Crippen molar-refractivity contribution in [3.05, 3.63) is 35.9 Å². The highest BCUT2D eigenvalue weighted by Crippen LogP contribution is 2.44. The van der Waals surface area contributed by atoms with Gasteiger partial charge < -0.3 is 24.8 Å². The molecule has 1 atom stereocenters. The van der Waals surface area contributed by atoms with Gasteiger partial charge in [-0.3, -0.25) is 4.79 Å². The van der Waals surface area contributed by atoms with Crippen LogP contribution in [-0.2, 0) is 10.2 Å². The zero-order chi connectivity index (χ0) is 34.1. The van der Waals surface area contributed by atoms with Gasteiger partial charge in [0.2, 0.25) is 0 Å². The summed E-state index contributed by atoms with van der Waals surface area (Å²) in [7, 11) is -3.41. The SMILES string of the molecule is CC(C)N(C(=O)c1cc(F)ccc1Oc1nncnc1N1CC2(CCN(C[C@H]3CCN(S(=O)(=O)N4CCCNCC4)C3)CC2)C1)C(C)C.Cl. The number of nitrogens with one attached hydrogen (secondary N) is 1. The maximum atomic E-state index is 14.4. The molecule has 13 nitrogen and oxygen atoms in total. The summed E-state index contributed by atoms with van der Waals surface area (Å²) in [5.41, 5.74) is 0.292. The molecule has 1 aromatic carbocycles. The van der Waals surface area contributed by atoms with E-state index in [2.05, 4.69) is 30.3 Å². The fourth-order valence-electron chi connectivity index (χ4n) is 7.78. The minimum Gasteiger partial charge on any atom is -0.434 e. The van der Waals surface area contributed by atoms with Gasteiger partial charge in [-0.2, -0.15) is 17.0 Å². The number of amides is 1. The Kier molecular flexibility index (Phi) is 12.0. The van der Waals surface area contributed by atoms with Gasteiger partial charge in [-0.1, -0.05) is 0 Å². The maximum absolute atomic E-state index is 14.4. The highest BCUT2D eigenvalue weighted by Gasteiger charge is 2.47. The van der Waals surface area contributed by atoms with E-state index in [4.69, 9.17) is 4.74 Å². The Labute approximate surface area is 296 Å². The molecule has 5 heterocycles. The third-order valence-electron chi connectivity index (χ3n) is 10.3. The van der Waals surface area contributed by atoms with Gasteiger partial charge in [-0.05, 0) is 97.1 Å². The molecule has 0 aliphatic carbocycles. The lowest BCUT2D eigenvalue weighted by Gasteiger charge is -2.54. The summed E-state index contributed by atoms with van der Waals surface area (Å²) >= 11 is 0. The molecule has 1 N–H and O–H groups in total. The molecule has 0 saturated carbocycles. The Morgan fingerprint density at radius 2 is 1.80 bits per heavy atom. The number of anilines is 1. The Bertz CT molecular complexity index is 1540. The summed E-state index contributed by atoms with van der Waals surface area (Å²) in [5, 5.41) is 11.4. The van der Waals surface area contributed by atoms with Crippen LogP contribution in [0.1, 0.15) is 63.7 Å². The van der Waals surface area contributed by atoms with Gasteiger partial charge in [0.05, 0.1) is 5.56 Å². The van der Waals surface area contributed by atoms with Crippen LogP contribution >= 0.6 is 12.4 Å². The summed E-state index contributed by atoms with van der Waals surface area (Å²) in [5.74, 6) is 0.458. The van der Waals surface area contributed by atoms with E-state index in [0.29, 0.717) is 44.5 Å². The lowest BCUT2D eigenvalue weighted by molar-refractivity contribution is 0.0640.